The number of aromatic nitrogens is 3. The fraction of sp³-hybridized carbons (Fsp3) is 0.353. The topological polar surface area (TPSA) is 103 Å². The number of aliphatic imine (C=N–C) groups is 1. The maximum absolute atomic E-state index is 12.8. The van der Waals surface area contributed by atoms with Crippen LogP contribution in [0, 0.1) is 0 Å². The predicted molar refractivity (Wildman–Crippen MR) is 108 cm³/mol. The lowest BCUT2D eigenvalue weighted by Gasteiger charge is -2.37. The van der Waals surface area contributed by atoms with Gasteiger partial charge in [-0.2, -0.15) is 5.10 Å². The number of thiophene rings is 1. The first-order valence-corrected chi connectivity index (χ1v) is 11.1. The quantitative estimate of drug-likeness (QED) is 0.682. The fourth-order valence-corrected chi connectivity index (χ4v) is 6.49. The van der Waals surface area contributed by atoms with Crippen LogP contribution in [-0.4, -0.2) is 39.4 Å². The van der Waals surface area contributed by atoms with Gasteiger partial charge in [0.1, 0.15) is 22.4 Å². The standard InChI is InChI=1S/C17H18ClN5O2S2/c1-16(2)15(19)22-17(3,8-27(16,24)25)14-11(18)6-12(26-14)10-4-5-13-20-9-21-23(13)7-10/h4-7,9H,8H2,1-3H3,(H2,19,22)/t17-/m0/s1. The molecule has 1 aliphatic rings. The third-order valence-corrected chi connectivity index (χ3v) is 9.52. The predicted octanol–water partition coefficient (Wildman–Crippen LogP) is 2.89. The molecule has 0 fully saturated rings. The molecule has 0 saturated heterocycles. The summed E-state index contributed by atoms with van der Waals surface area (Å²) in [6.07, 6.45) is 3.34. The van der Waals surface area contributed by atoms with Gasteiger partial charge in [-0.25, -0.2) is 17.9 Å². The van der Waals surface area contributed by atoms with Gasteiger partial charge in [-0.1, -0.05) is 11.6 Å². The van der Waals surface area contributed by atoms with Crippen molar-refractivity contribution in [2.75, 3.05) is 5.75 Å². The average Bonchev–Trinajstić information content (AvgIpc) is 3.18. The molecule has 4 heterocycles. The van der Waals surface area contributed by atoms with Crippen LogP contribution in [0.1, 0.15) is 25.6 Å². The van der Waals surface area contributed by atoms with Crippen LogP contribution in [0.15, 0.2) is 35.7 Å². The molecule has 0 aliphatic carbocycles. The Morgan fingerprint density at radius 2 is 2.04 bits per heavy atom. The van der Waals surface area contributed by atoms with Gasteiger partial charge in [0.2, 0.25) is 0 Å². The number of halogens is 1. The molecule has 2 N–H and O–H groups in total. The van der Waals surface area contributed by atoms with Crippen molar-refractivity contribution in [2.24, 2.45) is 10.7 Å². The van der Waals surface area contributed by atoms with Gasteiger partial charge in [0.25, 0.3) is 0 Å². The van der Waals surface area contributed by atoms with E-state index in [0.717, 1.165) is 16.1 Å². The van der Waals surface area contributed by atoms with Gasteiger partial charge in [0, 0.05) is 16.6 Å². The van der Waals surface area contributed by atoms with Gasteiger partial charge in [0.15, 0.2) is 15.5 Å². The Morgan fingerprint density at radius 3 is 2.74 bits per heavy atom. The number of hydrogen-bond acceptors (Lipinski definition) is 7. The van der Waals surface area contributed by atoms with E-state index in [9.17, 15) is 8.42 Å². The molecule has 1 atom stereocenters. The van der Waals surface area contributed by atoms with Crippen LogP contribution in [0.3, 0.4) is 0 Å². The summed E-state index contributed by atoms with van der Waals surface area (Å²) in [5.41, 5.74) is 6.67. The van der Waals surface area contributed by atoms with Crippen molar-refractivity contribution >= 4 is 44.3 Å². The van der Waals surface area contributed by atoms with E-state index in [-0.39, 0.29) is 11.6 Å². The lowest BCUT2D eigenvalue weighted by Crippen LogP contribution is -2.54. The summed E-state index contributed by atoms with van der Waals surface area (Å²) in [5.74, 6) is -0.0403. The van der Waals surface area contributed by atoms with Crippen molar-refractivity contribution in [2.45, 2.75) is 31.1 Å². The van der Waals surface area contributed by atoms with Crippen molar-refractivity contribution < 1.29 is 8.42 Å². The summed E-state index contributed by atoms with van der Waals surface area (Å²) in [7, 11) is -3.49. The first kappa shape index (κ1) is 18.4. The van der Waals surface area contributed by atoms with E-state index in [1.807, 2.05) is 24.4 Å². The molecule has 0 spiro atoms. The summed E-state index contributed by atoms with van der Waals surface area (Å²) < 4.78 is 26.1. The number of nitrogens with two attached hydrogens (primary N) is 1. The van der Waals surface area contributed by atoms with Crippen LogP contribution < -0.4 is 5.73 Å². The van der Waals surface area contributed by atoms with Gasteiger partial charge in [-0.05, 0) is 39.0 Å². The molecule has 10 heteroatoms. The maximum Gasteiger partial charge on any atom is 0.165 e. The summed E-state index contributed by atoms with van der Waals surface area (Å²) in [6, 6.07) is 5.61. The molecule has 0 unspecified atom stereocenters. The first-order valence-electron chi connectivity index (χ1n) is 8.21. The molecule has 0 amide bonds. The van der Waals surface area contributed by atoms with Crippen molar-refractivity contribution in [3.8, 4) is 10.4 Å². The molecule has 3 aromatic rings. The maximum atomic E-state index is 12.8. The average molecular weight is 424 g/mol. The van der Waals surface area contributed by atoms with Crippen LogP contribution in [-0.2, 0) is 15.4 Å². The van der Waals surface area contributed by atoms with E-state index in [1.54, 1.807) is 25.3 Å². The zero-order valence-corrected chi connectivity index (χ0v) is 17.4. The molecule has 0 radical (unpaired) electrons. The van der Waals surface area contributed by atoms with E-state index >= 15 is 0 Å². The monoisotopic (exact) mass is 423 g/mol. The molecule has 0 saturated carbocycles. The minimum absolute atomic E-state index is 0.103. The number of fused-ring (bicyclic) bond motifs is 1. The van der Waals surface area contributed by atoms with Gasteiger partial charge in [-0.15, -0.1) is 11.3 Å². The number of amidine groups is 1. The lowest BCUT2D eigenvalue weighted by atomic mass is 10.0. The molecule has 0 aromatic carbocycles. The second kappa shape index (κ2) is 5.76. The summed E-state index contributed by atoms with van der Waals surface area (Å²) >= 11 is 7.91. The zero-order chi connectivity index (χ0) is 19.6. The van der Waals surface area contributed by atoms with Gasteiger partial charge >= 0.3 is 0 Å². The van der Waals surface area contributed by atoms with E-state index in [0.29, 0.717) is 9.90 Å². The number of nitrogens with zero attached hydrogens (tertiary/aromatic N) is 4. The van der Waals surface area contributed by atoms with Crippen LogP contribution in [0.25, 0.3) is 16.1 Å². The Morgan fingerprint density at radius 1 is 1.30 bits per heavy atom. The molecule has 142 valence electrons. The molecular weight excluding hydrogens is 406 g/mol. The second-order valence-electron chi connectivity index (χ2n) is 7.31. The van der Waals surface area contributed by atoms with Gasteiger partial charge in [-0.3, -0.25) is 4.99 Å². The molecule has 1 aliphatic heterocycles. The number of pyridine rings is 1. The smallest absolute Gasteiger partial charge is 0.165 e. The first-order chi connectivity index (χ1) is 12.5. The van der Waals surface area contributed by atoms with Crippen molar-refractivity contribution in [1.82, 2.24) is 14.6 Å². The third kappa shape index (κ3) is 2.76. The highest BCUT2D eigenvalue weighted by Crippen LogP contribution is 2.45. The molecular formula is C17H18ClN5O2S2. The molecule has 0 bridgehead atoms. The third-order valence-electron chi connectivity index (χ3n) is 4.97. The summed E-state index contributed by atoms with van der Waals surface area (Å²) in [6.45, 7) is 4.92. The molecule has 3 aromatic heterocycles. The number of rotatable bonds is 2. The van der Waals surface area contributed by atoms with E-state index in [1.165, 1.54) is 17.7 Å². The summed E-state index contributed by atoms with van der Waals surface area (Å²) in [5, 5.41) is 4.62. The number of sulfone groups is 1. The Balaban J connectivity index is 1.83. The van der Waals surface area contributed by atoms with Crippen molar-refractivity contribution in [3.63, 3.8) is 0 Å². The fourth-order valence-electron chi connectivity index (χ4n) is 3.10. The van der Waals surface area contributed by atoms with E-state index in [2.05, 4.69) is 15.1 Å². The van der Waals surface area contributed by atoms with Crippen molar-refractivity contribution in [1.29, 1.82) is 0 Å². The Hall–Kier alpha value is -1.97. The highest BCUT2D eigenvalue weighted by atomic mass is 35.5. The minimum Gasteiger partial charge on any atom is -0.386 e. The minimum atomic E-state index is -3.49. The van der Waals surface area contributed by atoms with E-state index in [4.69, 9.17) is 17.3 Å². The Kier molecular flexibility index (Phi) is 3.93. The molecule has 4 rings (SSSR count). The lowest BCUT2D eigenvalue weighted by molar-refractivity contribution is 0.507. The largest absolute Gasteiger partial charge is 0.386 e. The van der Waals surface area contributed by atoms with Crippen LogP contribution in [0.5, 0.6) is 0 Å². The summed E-state index contributed by atoms with van der Waals surface area (Å²) in [4.78, 5) is 10.3. The van der Waals surface area contributed by atoms with Crippen molar-refractivity contribution in [3.05, 3.63) is 40.6 Å². The molecule has 7 nitrogen and oxygen atoms in total. The van der Waals surface area contributed by atoms with Gasteiger partial charge in [0.05, 0.1) is 15.7 Å². The normalized spacial score (nSPS) is 24.1. The van der Waals surface area contributed by atoms with E-state index < -0.39 is 20.1 Å². The van der Waals surface area contributed by atoms with Crippen LogP contribution >= 0.6 is 22.9 Å². The highest BCUT2D eigenvalue weighted by Gasteiger charge is 2.49. The Labute approximate surface area is 165 Å². The SMILES string of the molecule is CC1(C)C(N)=N[C@](C)(c2sc(-c3ccc4ncnn4c3)cc2Cl)CS1(=O)=O. The zero-order valence-electron chi connectivity index (χ0n) is 15.0. The van der Waals surface area contributed by atoms with Crippen LogP contribution in [0.2, 0.25) is 5.02 Å². The van der Waals surface area contributed by atoms with Gasteiger partial charge < -0.3 is 5.73 Å². The Bertz CT molecular complexity index is 1200. The molecule has 27 heavy (non-hydrogen) atoms. The highest BCUT2D eigenvalue weighted by molar-refractivity contribution is 7.93. The van der Waals surface area contributed by atoms with Crippen LogP contribution in [0.4, 0.5) is 0 Å². The number of hydrogen-bond donors (Lipinski definition) is 1. The second-order valence-corrected chi connectivity index (χ2v) is 11.3.